The first-order chi connectivity index (χ1) is 12.6. The Labute approximate surface area is 152 Å². The Kier molecular flexibility index (Phi) is 4.38. The van der Waals surface area contributed by atoms with Gasteiger partial charge in [0.1, 0.15) is 11.4 Å². The van der Waals surface area contributed by atoms with Crippen molar-refractivity contribution < 1.29 is 19.7 Å². The Balaban J connectivity index is 1.74. The number of rotatable bonds is 4. The van der Waals surface area contributed by atoms with Gasteiger partial charge in [-0.05, 0) is 24.5 Å². The van der Waals surface area contributed by atoms with Crippen LogP contribution in [0.15, 0.2) is 42.5 Å². The van der Waals surface area contributed by atoms with Crippen LogP contribution in [0.25, 0.3) is 11.3 Å². The molecular weight excluding hydrogens is 332 g/mol. The van der Waals surface area contributed by atoms with Crippen LogP contribution in [0.2, 0.25) is 0 Å². The number of nitrogens with zero attached hydrogens (tertiary/aromatic N) is 2. The summed E-state index contributed by atoms with van der Waals surface area (Å²) in [5, 5.41) is 19.6. The topological polar surface area (TPSA) is 82.9 Å². The van der Waals surface area contributed by atoms with Gasteiger partial charge in [-0.15, -0.1) is 0 Å². The molecule has 0 radical (unpaired) electrons. The van der Waals surface area contributed by atoms with Crippen LogP contribution in [0, 0.1) is 11.3 Å². The summed E-state index contributed by atoms with van der Waals surface area (Å²) in [7, 11) is 0. The molecule has 136 valence electrons. The lowest BCUT2D eigenvalue weighted by Crippen LogP contribution is -2.43. The average molecular weight is 354 g/mol. The van der Waals surface area contributed by atoms with Gasteiger partial charge >= 0.3 is 5.97 Å². The SMILES string of the molecule is O=C(O)c1ccc(-c2ccccc2)nc1N1C[C@@H]2CCOC[C@]2(CO)C1. The number of ether oxygens (including phenoxy) is 1. The Morgan fingerprint density at radius 1 is 1.27 bits per heavy atom. The number of hydrogen-bond donors (Lipinski definition) is 2. The molecule has 0 unspecified atom stereocenters. The van der Waals surface area contributed by atoms with Crippen LogP contribution < -0.4 is 4.90 Å². The molecule has 6 nitrogen and oxygen atoms in total. The summed E-state index contributed by atoms with van der Waals surface area (Å²) in [5.41, 5.74) is 1.55. The number of aromatic nitrogens is 1. The Bertz CT molecular complexity index is 811. The highest BCUT2D eigenvalue weighted by atomic mass is 16.5. The minimum Gasteiger partial charge on any atom is -0.478 e. The number of benzene rings is 1. The van der Waals surface area contributed by atoms with Crippen molar-refractivity contribution in [1.82, 2.24) is 4.98 Å². The zero-order valence-electron chi connectivity index (χ0n) is 14.5. The summed E-state index contributed by atoms with van der Waals surface area (Å²) in [6, 6.07) is 13.1. The van der Waals surface area contributed by atoms with Crippen LogP contribution >= 0.6 is 0 Å². The molecule has 2 fully saturated rings. The van der Waals surface area contributed by atoms with Crippen molar-refractivity contribution >= 4 is 11.8 Å². The molecule has 1 aromatic carbocycles. The molecule has 26 heavy (non-hydrogen) atoms. The molecule has 2 aromatic rings. The van der Waals surface area contributed by atoms with Crippen molar-refractivity contribution in [3.05, 3.63) is 48.0 Å². The molecule has 0 spiro atoms. The van der Waals surface area contributed by atoms with Crippen LogP contribution in [0.1, 0.15) is 16.8 Å². The monoisotopic (exact) mass is 354 g/mol. The zero-order valence-corrected chi connectivity index (χ0v) is 14.5. The lowest BCUT2D eigenvalue weighted by Gasteiger charge is -2.36. The summed E-state index contributed by atoms with van der Waals surface area (Å²) < 4.78 is 5.61. The number of pyridine rings is 1. The molecule has 4 rings (SSSR count). The van der Waals surface area contributed by atoms with Crippen molar-refractivity contribution in [1.29, 1.82) is 0 Å². The number of carbonyl (C=O) groups is 1. The van der Waals surface area contributed by atoms with Crippen LogP contribution in [0.3, 0.4) is 0 Å². The fraction of sp³-hybridized carbons (Fsp3) is 0.400. The summed E-state index contributed by atoms with van der Waals surface area (Å²) >= 11 is 0. The Hall–Kier alpha value is -2.44. The van der Waals surface area contributed by atoms with Crippen molar-refractivity contribution in [2.24, 2.45) is 11.3 Å². The van der Waals surface area contributed by atoms with Gasteiger partial charge in [0.05, 0.1) is 18.9 Å². The number of aliphatic hydroxyl groups excluding tert-OH is 1. The molecule has 0 bridgehead atoms. The maximum absolute atomic E-state index is 11.7. The third-order valence-corrected chi connectivity index (χ3v) is 5.60. The van der Waals surface area contributed by atoms with Crippen LogP contribution in [0.4, 0.5) is 5.82 Å². The predicted molar refractivity (Wildman–Crippen MR) is 97.3 cm³/mol. The first-order valence-electron chi connectivity index (χ1n) is 8.86. The summed E-state index contributed by atoms with van der Waals surface area (Å²) in [6.07, 6.45) is 0.873. The van der Waals surface area contributed by atoms with E-state index in [0.717, 1.165) is 17.7 Å². The largest absolute Gasteiger partial charge is 0.478 e. The normalized spacial score (nSPS) is 25.1. The van der Waals surface area contributed by atoms with E-state index in [4.69, 9.17) is 9.72 Å². The number of hydrogen-bond acceptors (Lipinski definition) is 5. The van der Waals surface area contributed by atoms with E-state index >= 15 is 0 Å². The second-order valence-corrected chi connectivity index (χ2v) is 7.18. The summed E-state index contributed by atoms with van der Waals surface area (Å²) in [4.78, 5) is 18.4. The van der Waals surface area contributed by atoms with Gasteiger partial charge in [0, 0.05) is 30.7 Å². The molecule has 2 aliphatic rings. The number of carboxylic acid groups (broad SMARTS) is 1. The third-order valence-electron chi connectivity index (χ3n) is 5.60. The van der Waals surface area contributed by atoms with Gasteiger partial charge < -0.3 is 19.8 Å². The fourth-order valence-corrected chi connectivity index (χ4v) is 4.11. The number of aromatic carboxylic acids is 1. The van der Waals surface area contributed by atoms with Gasteiger partial charge in [-0.3, -0.25) is 0 Å². The Morgan fingerprint density at radius 3 is 2.77 bits per heavy atom. The number of fused-ring (bicyclic) bond motifs is 1. The second kappa shape index (κ2) is 6.70. The Morgan fingerprint density at radius 2 is 2.08 bits per heavy atom. The molecular formula is C20H22N2O4. The molecule has 2 atom stereocenters. The number of anilines is 1. The van der Waals surface area contributed by atoms with Crippen LogP contribution in [-0.4, -0.2) is 54.1 Å². The second-order valence-electron chi connectivity index (χ2n) is 7.18. The minimum absolute atomic E-state index is 0.0367. The zero-order chi connectivity index (χ0) is 18.1. The molecule has 3 heterocycles. The molecule has 2 N–H and O–H groups in total. The lowest BCUT2D eigenvalue weighted by atomic mass is 9.76. The average Bonchev–Trinajstić information content (AvgIpc) is 3.08. The number of carboxylic acids is 1. The molecule has 1 aromatic heterocycles. The van der Waals surface area contributed by atoms with Crippen LogP contribution in [-0.2, 0) is 4.74 Å². The molecule has 2 aliphatic heterocycles. The van der Waals surface area contributed by atoms with E-state index in [0.29, 0.717) is 32.1 Å². The summed E-state index contributed by atoms with van der Waals surface area (Å²) in [5.74, 6) is -0.234. The van der Waals surface area contributed by atoms with Gasteiger partial charge in [-0.2, -0.15) is 0 Å². The maximum Gasteiger partial charge on any atom is 0.339 e. The van der Waals surface area contributed by atoms with Crippen molar-refractivity contribution in [2.75, 3.05) is 37.8 Å². The third kappa shape index (κ3) is 2.85. The highest BCUT2D eigenvalue weighted by Crippen LogP contribution is 2.43. The van der Waals surface area contributed by atoms with E-state index in [1.807, 2.05) is 35.2 Å². The number of aliphatic hydroxyl groups is 1. The standard InChI is InChI=1S/C20H22N2O4/c23-12-20-11-22(10-15(20)8-9-26-13-20)18-16(19(24)25)6-7-17(21-18)14-4-2-1-3-5-14/h1-7,15,23H,8-13H2,(H,24,25)/t15-,20+/m0/s1. The molecule has 2 saturated heterocycles. The van der Waals surface area contributed by atoms with E-state index in [1.165, 1.54) is 0 Å². The van der Waals surface area contributed by atoms with Crippen molar-refractivity contribution in [2.45, 2.75) is 6.42 Å². The van der Waals surface area contributed by atoms with Gasteiger partial charge in [-0.1, -0.05) is 30.3 Å². The van der Waals surface area contributed by atoms with E-state index in [-0.39, 0.29) is 23.5 Å². The molecule has 0 amide bonds. The quantitative estimate of drug-likeness (QED) is 0.877. The summed E-state index contributed by atoms with van der Waals surface area (Å²) in [6.45, 7) is 2.47. The molecule has 0 aliphatic carbocycles. The van der Waals surface area contributed by atoms with Gasteiger partial charge in [0.2, 0.25) is 0 Å². The van der Waals surface area contributed by atoms with Gasteiger partial charge in [0.25, 0.3) is 0 Å². The molecule has 0 saturated carbocycles. The minimum atomic E-state index is -0.990. The van der Waals surface area contributed by atoms with Gasteiger partial charge in [0.15, 0.2) is 0 Å². The highest BCUT2D eigenvalue weighted by molar-refractivity contribution is 5.94. The van der Waals surface area contributed by atoms with Crippen LogP contribution in [0.5, 0.6) is 0 Å². The predicted octanol–water partition coefficient (Wildman–Crippen LogP) is 2.28. The van der Waals surface area contributed by atoms with Gasteiger partial charge in [-0.25, -0.2) is 9.78 Å². The maximum atomic E-state index is 11.7. The van der Waals surface area contributed by atoms with E-state index < -0.39 is 5.97 Å². The fourth-order valence-electron chi connectivity index (χ4n) is 4.11. The first kappa shape index (κ1) is 17.0. The van der Waals surface area contributed by atoms with Crippen molar-refractivity contribution in [3.63, 3.8) is 0 Å². The highest BCUT2D eigenvalue weighted by Gasteiger charge is 2.49. The van der Waals surface area contributed by atoms with E-state index in [9.17, 15) is 15.0 Å². The first-order valence-corrected chi connectivity index (χ1v) is 8.86. The van der Waals surface area contributed by atoms with E-state index in [1.54, 1.807) is 12.1 Å². The lowest BCUT2D eigenvalue weighted by molar-refractivity contribution is -0.0543. The van der Waals surface area contributed by atoms with E-state index in [2.05, 4.69) is 0 Å². The smallest absolute Gasteiger partial charge is 0.339 e. The molecule has 6 heteroatoms. The van der Waals surface area contributed by atoms with Crippen molar-refractivity contribution in [3.8, 4) is 11.3 Å².